The third kappa shape index (κ3) is 17.5. The van der Waals surface area contributed by atoms with Gasteiger partial charge in [-0.2, -0.15) is 0 Å². The summed E-state index contributed by atoms with van der Waals surface area (Å²) < 4.78 is 39.4. The Morgan fingerprint density at radius 2 is 1.03 bits per heavy atom. The van der Waals surface area contributed by atoms with Gasteiger partial charge < -0.3 is 34.7 Å². The molecule has 1 aliphatic heterocycles. The van der Waals surface area contributed by atoms with Crippen LogP contribution in [0.2, 0.25) is 0 Å². The lowest BCUT2D eigenvalue weighted by Gasteiger charge is -2.37. The number of rotatable bonds is 21. The molecule has 3 unspecified atom stereocenters. The van der Waals surface area contributed by atoms with Gasteiger partial charge in [-0.25, -0.2) is 9.13 Å². The van der Waals surface area contributed by atoms with Gasteiger partial charge in [-0.15, -0.1) is 0 Å². The first-order valence-electron chi connectivity index (χ1n) is 19.8. The Labute approximate surface area is 355 Å². The molecule has 342 valence electrons. The zero-order valence-corrected chi connectivity index (χ0v) is 37.1. The minimum absolute atomic E-state index is 0.00667. The van der Waals surface area contributed by atoms with E-state index in [0.29, 0.717) is 5.56 Å². The lowest BCUT2D eigenvalue weighted by molar-refractivity contribution is -0.145. The van der Waals surface area contributed by atoms with Crippen molar-refractivity contribution in [2.45, 2.75) is 72.4 Å². The van der Waals surface area contributed by atoms with E-state index in [1.165, 1.54) is 14.7 Å². The maximum absolute atomic E-state index is 13.1. The van der Waals surface area contributed by atoms with Crippen LogP contribution in [0.15, 0.2) is 24.3 Å². The van der Waals surface area contributed by atoms with Gasteiger partial charge in [0.1, 0.15) is 17.8 Å². The second-order valence-electron chi connectivity index (χ2n) is 15.3. The SMILES string of the molecule is Cc1cc(C)c(-c2cc(C)c(OP(=O)(O)OCCCC(C(=O)O)N3CCN(CC(=O)O)CCN(C(CCCOP(=O)(O)O)C(=O)O)CCN(CC(=O)O)CC3)cc2C)c(C)c1. The summed E-state index contributed by atoms with van der Waals surface area (Å²) in [6.07, 6.45) is -0.164. The van der Waals surface area contributed by atoms with Crippen LogP contribution in [-0.2, 0) is 37.4 Å². The minimum Gasteiger partial charge on any atom is -0.480 e. The summed E-state index contributed by atoms with van der Waals surface area (Å²) in [5.74, 6) is -4.67. The van der Waals surface area contributed by atoms with Crippen molar-refractivity contribution in [3.63, 3.8) is 0 Å². The second kappa shape index (κ2) is 23.6. The standard InChI is InChI=1S/C39H60N4O16P2/c1-26-20-29(4)37(30(5)21-26)31-22-28(3)34(23-27(31)2)59-61(55,56)58-19-7-9-33(39(50)51)43-16-12-40(24-35(44)45)10-14-42(15-11-41(13-17-43)25-36(46)47)32(38(48)49)8-6-18-57-60(52,53)54/h20-23,32-33H,6-19,24-25H2,1-5H3,(H,44,45)(H,46,47)(H,48,49)(H,50,51)(H,55,56)(H2,52,53,54). The summed E-state index contributed by atoms with van der Waals surface area (Å²) in [5, 5.41) is 39.7. The molecule has 3 atom stereocenters. The van der Waals surface area contributed by atoms with Gasteiger partial charge in [0.05, 0.1) is 26.3 Å². The molecular formula is C39H60N4O16P2. The van der Waals surface area contributed by atoms with Crippen molar-refractivity contribution < 1.29 is 77.0 Å². The highest BCUT2D eigenvalue weighted by Crippen LogP contribution is 2.46. The third-order valence-corrected chi connectivity index (χ3v) is 11.9. The van der Waals surface area contributed by atoms with Crippen LogP contribution in [-0.4, -0.2) is 169 Å². The molecule has 0 spiro atoms. The van der Waals surface area contributed by atoms with Crippen LogP contribution in [0.25, 0.3) is 11.1 Å². The lowest BCUT2D eigenvalue weighted by Crippen LogP contribution is -2.53. The average Bonchev–Trinajstić information content (AvgIpc) is 3.11. The Hall–Kier alpha value is -3.78. The number of aliphatic carboxylic acids is 4. The number of nitrogens with zero attached hydrogens (tertiary/aromatic N) is 4. The molecule has 0 saturated carbocycles. The zero-order valence-electron chi connectivity index (χ0n) is 35.3. The van der Waals surface area contributed by atoms with Gasteiger partial charge in [0.15, 0.2) is 0 Å². The molecule has 3 rings (SSSR count). The first-order chi connectivity index (χ1) is 28.5. The van der Waals surface area contributed by atoms with Gasteiger partial charge in [-0.1, -0.05) is 17.7 Å². The predicted molar refractivity (Wildman–Crippen MR) is 223 cm³/mol. The van der Waals surface area contributed by atoms with Crippen LogP contribution in [0, 0.1) is 34.6 Å². The highest BCUT2D eigenvalue weighted by Gasteiger charge is 2.31. The summed E-state index contributed by atoms with van der Waals surface area (Å²) in [4.78, 5) is 83.5. The first-order valence-corrected chi connectivity index (χ1v) is 22.9. The van der Waals surface area contributed by atoms with Crippen molar-refractivity contribution >= 4 is 39.5 Å². The number of phosphoric ester groups is 2. The molecule has 0 aromatic heterocycles. The van der Waals surface area contributed by atoms with Gasteiger partial charge in [0, 0.05) is 52.4 Å². The molecule has 0 radical (unpaired) electrons. The molecular weight excluding hydrogens is 842 g/mol. The summed E-state index contributed by atoms with van der Waals surface area (Å²) in [7, 11) is -9.44. The molecule has 1 saturated heterocycles. The van der Waals surface area contributed by atoms with Gasteiger partial charge in [-0.05, 0) is 106 Å². The molecule has 2 aromatic carbocycles. The highest BCUT2D eigenvalue weighted by molar-refractivity contribution is 7.47. The Bertz CT molecular complexity index is 1890. The molecule has 20 nitrogen and oxygen atoms in total. The second-order valence-corrected chi connectivity index (χ2v) is 17.9. The molecule has 1 heterocycles. The number of carboxylic acids is 4. The normalized spacial score (nSPS) is 17.7. The molecule has 2 aromatic rings. The third-order valence-electron chi connectivity index (χ3n) is 10.4. The van der Waals surface area contributed by atoms with Gasteiger partial charge in [0.2, 0.25) is 0 Å². The number of hydrogen-bond donors (Lipinski definition) is 7. The maximum Gasteiger partial charge on any atom is 0.527 e. The Morgan fingerprint density at radius 1 is 0.607 bits per heavy atom. The van der Waals surface area contributed by atoms with Crippen molar-refractivity contribution in [2.75, 3.05) is 78.7 Å². The summed E-state index contributed by atoms with van der Waals surface area (Å²) in [6, 6.07) is 5.38. The fraction of sp³-hybridized carbons (Fsp3) is 0.590. The largest absolute Gasteiger partial charge is 0.527 e. The van der Waals surface area contributed by atoms with E-state index >= 15 is 0 Å². The van der Waals surface area contributed by atoms with Crippen molar-refractivity contribution in [1.29, 1.82) is 0 Å². The minimum atomic E-state index is -4.78. The van der Waals surface area contributed by atoms with Crippen molar-refractivity contribution in [3.8, 4) is 16.9 Å². The Balaban J connectivity index is 1.73. The number of benzene rings is 2. The van der Waals surface area contributed by atoms with E-state index < -0.39 is 71.3 Å². The molecule has 0 amide bonds. The van der Waals surface area contributed by atoms with E-state index in [1.54, 1.807) is 17.9 Å². The molecule has 1 fully saturated rings. The van der Waals surface area contributed by atoms with E-state index in [-0.39, 0.29) is 90.4 Å². The summed E-state index contributed by atoms with van der Waals surface area (Å²) in [5.41, 5.74) is 6.78. The molecule has 0 aliphatic carbocycles. The summed E-state index contributed by atoms with van der Waals surface area (Å²) in [6.45, 7) is 8.25. The molecule has 61 heavy (non-hydrogen) atoms. The van der Waals surface area contributed by atoms with E-state index in [1.807, 2.05) is 33.8 Å². The van der Waals surface area contributed by atoms with Crippen LogP contribution < -0.4 is 4.52 Å². The lowest BCUT2D eigenvalue weighted by atomic mass is 9.90. The Morgan fingerprint density at radius 3 is 1.43 bits per heavy atom. The average molecular weight is 903 g/mol. The van der Waals surface area contributed by atoms with Crippen LogP contribution in [0.4, 0.5) is 0 Å². The van der Waals surface area contributed by atoms with E-state index in [4.69, 9.17) is 18.8 Å². The number of carboxylic acid groups (broad SMARTS) is 4. The van der Waals surface area contributed by atoms with Gasteiger partial charge >= 0.3 is 39.5 Å². The number of hydrogen-bond acceptors (Lipinski definition) is 13. The quantitative estimate of drug-likeness (QED) is 0.0698. The van der Waals surface area contributed by atoms with E-state index in [0.717, 1.165) is 33.4 Å². The van der Waals surface area contributed by atoms with E-state index in [2.05, 4.69) is 16.7 Å². The molecule has 0 bridgehead atoms. The van der Waals surface area contributed by atoms with Crippen molar-refractivity contribution in [1.82, 2.24) is 19.6 Å². The fourth-order valence-corrected chi connectivity index (χ4v) is 8.83. The van der Waals surface area contributed by atoms with Crippen LogP contribution in [0.1, 0.15) is 53.5 Å². The predicted octanol–water partition coefficient (Wildman–Crippen LogP) is 3.36. The maximum atomic E-state index is 13.1. The Kier molecular flexibility index (Phi) is 20.0. The first kappa shape index (κ1) is 51.6. The molecule has 1 aliphatic rings. The van der Waals surface area contributed by atoms with Crippen LogP contribution in [0.5, 0.6) is 5.75 Å². The number of carbonyl (C=O) groups is 4. The van der Waals surface area contributed by atoms with Gasteiger partial charge in [-0.3, -0.25) is 52.7 Å². The van der Waals surface area contributed by atoms with Crippen LogP contribution in [0.3, 0.4) is 0 Å². The van der Waals surface area contributed by atoms with Crippen molar-refractivity contribution in [3.05, 3.63) is 52.1 Å². The number of aryl methyl sites for hydroxylation is 5. The zero-order chi connectivity index (χ0) is 45.7. The number of phosphoric acid groups is 2. The monoisotopic (exact) mass is 902 g/mol. The smallest absolute Gasteiger partial charge is 0.480 e. The molecule has 22 heteroatoms. The topological polar surface area (TPSA) is 285 Å². The highest BCUT2D eigenvalue weighted by atomic mass is 31.2. The van der Waals surface area contributed by atoms with E-state index in [9.17, 15) is 53.6 Å². The van der Waals surface area contributed by atoms with Crippen LogP contribution >= 0.6 is 15.6 Å². The fourth-order valence-electron chi connectivity index (χ4n) is 7.60. The molecule has 7 N–H and O–H groups in total. The summed E-state index contributed by atoms with van der Waals surface area (Å²) >= 11 is 0. The van der Waals surface area contributed by atoms with Crippen molar-refractivity contribution in [2.24, 2.45) is 0 Å². The van der Waals surface area contributed by atoms with Gasteiger partial charge in [0.25, 0.3) is 0 Å².